The highest BCUT2D eigenvalue weighted by molar-refractivity contribution is 7.15. The number of nitrogens with one attached hydrogen (secondary N) is 1. The molecule has 0 spiro atoms. The van der Waals surface area contributed by atoms with E-state index in [-0.39, 0.29) is 0 Å². The van der Waals surface area contributed by atoms with E-state index in [1.807, 2.05) is 18.2 Å². The lowest BCUT2D eigenvalue weighted by Crippen LogP contribution is -2.18. The molecule has 7 heteroatoms. The van der Waals surface area contributed by atoms with Crippen LogP contribution >= 0.6 is 34.5 Å². The van der Waals surface area contributed by atoms with E-state index in [4.69, 9.17) is 23.2 Å². The fourth-order valence-corrected chi connectivity index (χ4v) is 2.69. The average Bonchev–Trinajstić information content (AvgIpc) is 2.86. The van der Waals surface area contributed by atoms with E-state index in [9.17, 15) is 4.79 Å². The maximum Gasteiger partial charge on any atom is 0.259 e. The van der Waals surface area contributed by atoms with Gasteiger partial charge < -0.3 is 0 Å². The van der Waals surface area contributed by atoms with Crippen LogP contribution in [0, 0.1) is 0 Å². The van der Waals surface area contributed by atoms with Crippen LogP contribution in [0.5, 0.6) is 0 Å². The first kappa shape index (κ1) is 15.2. The predicted octanol–water partition coefficient (Wildman–Crippen LogP) is 3.63. The Morgan fingerprint density at radius 1 is 1.30 bits per heavy atom. The second kappa shape index (κ2) is 7.02. The van der Waals surface area contributed by atoms with Crippen molar-refractivity contribution in [1.29, 1.82) is 0 Å². The van der Waals surface area contributed by atoms with Gasteiger partial charge in [-0.05, 0) is 11.5 Å². The number of hydrogen-bond acceptors (Lipinski definition) is 4. The molecular formula is C13H13Cl2N3OS. The van der Waals surface area contributed by atoms with Gasteiger partial charge in [0, 0.05) is 6.42 Å². The van der Waals surface area contributed by atoms with E-state index in [1.165, 1.54) is 16.9 Å². The minimum absolute atomic E-state index is 0.335. The summed E-state index contributed by atoms with van der Waals surface area (Å²) < 4.78 is 0. The van der Waals surface area contributed by atoms with Crippen LogP contribution < -0.4 is 5.32 Å². The molecule has 1 heterocycles. The molecule has 1 aromatic carbocycles. The minimum Gasteiger partial charge on any atom is -0.298 e. The SMILES string of the molecule is CC(Cc1nnc(NC(=O)C(Cl)Cl)s1)c1ccccc1. The van der Waals surface area contributed by atoms with Crippen LogP contribution in [-0.2, 0) is 11.2 Å². The van der Waals surface area contributed by atoms with E-state index in [0.29, 0.717) is 11.0 Å². The van der Waals surface area contributed by atoms with Gasteiger partial charge in [0.1, 0.15) is 5.01 Å². The maximum absolute atomic E-state index is 11.3. The Bertz CT molecular complexity index is 574. The van der Waals surface area contributed by atoms with Crippen molar-refractivity contribution in [3.8, 4) is 0 Å². The van der Waals surface area contributed by atoms with Crippen LogP contribution in [-0.4, -0.2) is 20.9 Å². The Hall–Kier alpha value is -1.17. The van der Waals surface area contributed by atoms with E-state index >= 15 is 0 Å². The van der Waals surface area contributed by atoms with Gasteiger partial charge in [0.15, 0.2) is 4.84 Å². The number of nitrogens with zero attached hydrogens (tertiary/aromatic N) is 2. The largest absolute Gasteiger partial charge is 0.298 e. The number of hydrogen-bond donors (Lipinski definition) is 1. The molecule has 106 valence electrons. The Morgan fingerprint density at radius 3 is 2.65 bits per heavy atom. The summed E-state index contributed by atoms with van der Waals surface area (Å²) in [6, 6.07) is 10.2. The Balaban J connectivity index is 1.98. The highest BCUT2D eigenvalue weighted by Gasteiger charge is 2.15. The number of carbonyl (C=O) groups is 1. The fourth-order valence-electron chi connectivity index (χ4n) is 1.71. The van der Waals surface area contributed by atoms with Gasteiger partial charge in [-0.2, -0.15) is 0 Å². The first-order valence-electron chi connectivity index (χ1n) is 6.02. The van der Waals surface area contributed by atoms with Crippen molar-refractivity contribution in [2.75, 3.05) is 5.32 Å². The van der Waals surface area contributed by atoms with Crippen molar-refractivity contribution < 1.29 is 4.79 Å². The summed E-state index contributed by atoms with van der Waals surface area (Å²) in [5.74, 6) is -0.159. The molecule has 20 heavy (non-hydrogen) atoms. The van der Waals surface area contributed by atoms with Gasteiger partial charge >= 0.3 is 0 Å². The number of benzene rings is 1. The van der Waals surface area contributed by atoms with Crippen LogP contribution in [0.4, 0.5) is 5.13 Å². The van der Waals surface area contributed by atoms with Gasteiger partial charge in [0.05, 0.1) is 0 Å². The van der Waals surface area contributed by atoms with E-state index < -0.39 is 10.7 Å². The maximum atomic E-state index is 11.3. The zero-order valence-electron chi connectivity index (χ0n) is 10.7. The monoisotopic (exact) mass is 329 g/mol. The summed E-state index contributed by atoms with van der Waals surface area (Å²) in [7, 11) is 0. The summed E-state index contributed by atoms with van der Waals surface area (Å²) in [6.45, 7) is 2.13. The van der Waals surface area contributed by atoms with Crippen LogP contribution in [0.25, 0.3) is 0 Å². The second-order valence-corrected chi connectivity index (χ2v) is 6.47. The van der Waals surface area contributed by atoms with Crippen LogP contribution in [0.1, 0.15) is 23.4 Å². The molecule has 1 unspecified atom stereocenters. The predicted molar refractivity (Wildman–Crippen MR) is 82.6 cm³/mol. The molecule has 4 nitrogen and oxygen atoms in total. The molecule has 1 atom stereocenters. The summed E-state index contributed by atoms with van der Waals surface area (Å²) in [5, 5.41) is 11.8. The molecular weight excluding hydrogens is 317 g/mol. The number of amides is 1. The molecule has 0 aliphatic rings. The molecule has 0 aliphatic carbocycles. The van der Waals surface area contributed by atoms with Crippen LogP contribution in [0.2, 0.25) is 0 Å². The first-order chi connectivity index (χ1) is 9.56. The molecule has 0 radical (unpaired) electrons. The molecule has 1 N–H and O–H groups in total. The Kier molecular flexibility index (Phi) is 5.34. The minimum atomic E-state index is -1.11. The number of halogens is 2. The van der Waals surface area contributed by atoms with Crippen molar-refractivity contribution in [1.82, 2.24) is 10.2 Å². The summed E-state index contributed by atoms with van der Waals surface area (Å²) in [6.07, 6.45) is 0.767. The van der Waals surface area contributed by atoms with Crippen molar-refractivity contribution in [2.45, 2.75) is 24.1 Å². The van der Waals surface area contributed by atoms with Gasteiger partial charge in [0.2, 0.25) is 5.13 Å². The third kappa shape index (κ3) is 4.16. The van der Waals surface area contributed by atoms with Crippen molar-refractivity contribution >= 4 is 45.6 Å². The molecule has 0 fully saturated rings. The second-order valence-electron chi connectivity index (χ2n) is 4.31. The van der Waals surface area contributed by atoms with Gasteiger partial charge in [-0.25, -0.2) is 0 Å². The highest BCUT2D eigenvalue weighted by atomic mass is 35.5. The van der Waals surface area contributed by atoms with Crippen LogP contribution in [0.15, 0.2) is 30.3 Å². The Labute approximate surface area is 131 Å². The molecule has 0 bridgehead atoms. The van der Waals surface area contributed by atoms with Gasteiger partial charge in [-0.15, -0.1) is 10.2 Å². The molecule has 2 aromatic rings. The highest BCUT2D eigenvalue weighted by Crippen LogP contribution is 2.24. The van der Waals surface area contributed by atoms with Crippen molar-refractivity contribution in [3.05, 3.63) is 40.9 Å². The molecule has 0 saturated carbocycles. The van der Waals surface area contributed by atoms with E-state index in [1.54, 1.807) is 0 Å². The number of anilines is 1. The summed E-state index contributed by atoms with van der Waals surface area (Å²) >= 11 is 12.2. The number of aromatic nitrogens is 2. The number of alkyl halides is 2. The van der Waals surface area contributed by atoms with E-state index in [2.05, 4.69) is 34.6 Å². The third-order valence-corrected chi connectivity index (χ3v) is 4.00. The van der Waals surface area contributed by atoms with Gasteiger partial charge in [-0.1, -0.05) is 71.8 Å². The summed E-state index contributed by atoms with van der Waals surface area (Å²) in [4.78, 5) is 10.2. The Morgan fingerprint density at radius 2 is 2.00 bits per heavy atom. The third-order valence-electron chi connectivity index (χ3n) is 2.74. The lowest BCUT2D eigenvalue weighted by atomic mass is 9.98. The van der Waals surface area contributed by atoms with Gasteiger partial charge in [-0.3, -0.25) is 10.1 Å². The van der Waals surface area contributed by atoms with E-state index in [0.717, 1.165) is 11.4 Å². The first-order valence-corrected chi connectivity index (χ1v) is 7.71. The van der Waals surface area contributed by atoms with Crippen molar-refractivity contribution in [3.63, 3.8) is 0 Å². The zero-order valence-corrected chi connectivity index (χ0v) is 13.0. The van der Waals surface area contributed by atoms with Gasteiger partial charge in [0.25, 0.3) is 5.91 Å². The zero-order chi connectivity index (χ0) is 14.5. The number of rotatable bonds is 5. The standard InChI is InChI=1S/C13H13Cl2N3OS/c1-8(9-5-3-2-4-6-9)7-10-17-18-13(20-10)16-12(19)11(14)15/h2-6,8,11H,7H2,1H3,(H,16,18,19). The quantitative estimate of drug-likeness (QED) is 0.852. The number of carbonyl (C=O) groups excluding carboxylic acids is 1. The molecule has 0 saturated heterocycles. The molecule has 2 rings (SSSR count). The fraction of sp³-hybridized carbons (Fsp3) is 0.308. The summed E-state index contributed by atoms with van der Waals surface area (Å²) in [5.41, 5.74) is 1.25. The van der Waals surface area contributed by atoms with Crippen molar-refractivity contribution in [2.24, 2.45) is 0 Å². The lowest BCUT2D eigenvalue weighted by molar-refractivity contribution is -0.114. The molecule has 1 amide bonds. The normalized spacial score (nSPS) is 12.4. The average molecular weight is 330 g/mol. The van der Waals surface area contributed by atoms with Crippen LogP contribution in [0.3, 0.4) is 0 Å². The lowest BCUT2D eigenvalue weighted by Gasteiger charge is -2.08. The topological polar surface area (TPSA) is 54.9 Å². The molecule has 0 aliphatic heterocycles. The molecule has 1 aromatic heterocycles. The smallest absolute Gasteiger partial charge is 0.259 e.